The summed E-state index contributed by atoms with van der Waals surface area (Å²) in [4.78, 5) is 4.35. The van der Waals surface area contributed by atoms with Gasteiger partial charge in [-0.25, -0.2) is 4.98 Å². The van der Waals surface area contributed by atoms with Crippen LogP contribution in [0, 0.1) is 6.92 Å². The molecule has 0 aliphatic heterocycles. The molecule has 0 saturated carbocycles. The maximum atomic E-state index is 6.00. The Labute approximate surface area is 106 Å². The highest BCUT2D eigenvalue weighted by atomic mass is 32.1. The summed E-state index contributed by atoms with van der Waals surface area (Å²) in [5.74, 6) is 0. The molecule has 0 aliphatic carbocycles. The maximum absolute atomic E-state index is 6.00. The molecule has 0 aliphatic rings. The summed E-state index contributed by atoms with van der Waals surface area (Å²) in [5.41, 5.74) is 8.69. The Balaban J connectivity index is 2.26. The number of nitrogens with zero attached hydrogens (tertiary/aromatic N) is 1. The number of thiazole rings is 1. The van der Waals surface area contributed by atoms with Crippen LogP contribution >= 0.6 is 11.3 Å². The summed E-state index contributed by atoms with van der Waals surface area (Å²) in [6.45, 7) is 6.24. The van der Waals surface area contributed by atoms with E-state index in [9.17, 15) is 0 Å². The van der Waals surface area contributed by atoms with Crippen LogP contribution in [0.4, 0.5) is 11.4 Å². The van der Waals surface area contributed by atoms with E-state index in [0.29, 0.717) is 0 Å². The molecule has 2 rings (SSSR count). The van der Waals surface area contributed by atoms with Crippen molar-refractivity contribution < 1.29 is 0 Å². The molecule has 2 aromatic rings. The second-order valence-corrected chi connectivity index (χ2v) is 5.57. The normalized spacial score (nSPS) is 11.5. The number of nitrogens with one attached hydrogen (secondary N) is 1. The van der Waals surface area contributed by atoms with Crippen molar-refractivity contribution in [3.05, 3.63) is 40.3 Å². The van der Waals surface area contributed by atoms with Gasteiger partial charge in [-0.2, -0.15) is 0 Å². The first-order valence-corrected chi connectivity index (χ1v) is 6.41. The summed E-state index contributed by atoms with van der Waals surface area (Å²) in [6.07, 6.45) is 1.82. The average molecular weight is 247 g/mol. The smallest absolute Gasteiger partial charge is 0.117 e. The monoisotopic (exact) mass is 247 g/mol. The zero-order chi connectivity index (χ0) is 12.5. The summed E-state index contributed by atoms with van der Waals surface area (Å²) >= 11 is 1.64. The largest absolute Gasteiger partial charge is 0.397 e. The highest BCUT2D eigenvalue weighted by Gasteiger charge is 2.23. The van der Waals surface area contributed by atoms with Gasteiger partial charge in [-0.15, -0.1) is 11.3 Å². The lowest BCUT2D eigenvalue weighted by Crippen LogP contribution is -2.28. The SMILES string of the molecule is Cc1ccc(NC(C)(C)c2nccs2)c(N)c1. The fraction of sp³-hybridized carbons (Fsp3) is 0.308. The van der Waals surface area contributed by atoms with Gasteiger partial charge in [-0.1, -0.05) is 6.07 Å². The molecule has 0 radical (unpaired) electrons. The first kappa shape index (κ1) is 11.9. The molecule has 3 N–H and O–H groups in total. The zero-order valence-electron chi connectivity index (χ0n) is 10.3. The molecule has 90 valence electrons. The Morgan fingerprint density at radius 1 is 1.35 bits per heavy atom. The fourth-order valence-electron chi connectivity index (χ4n) is 1.72. The Morgan fingerprint density at radius 3 is 2.71 bits per heavy atom. The predicted molar refractivity (Wildman–Crippen MR) is 74.4 cm³/mol. The van der Waals surface area contributed by atoms with Crippen molar-refractivity contribution in [2.24, 2.45) is 0 Å². The first-order chi connectivity index (χ1) is 7.99. The molecule has 3 nitrogen and oxygen atoms in total. The quantitative estimate of drug-likeness (QED) is 0.817. The van der Waals surface area contributed by atoms with Gasteiger partial charge in [0, 0.05) is 11.6 Å². The number of anilines is 2. The van der Waals surface area contributed by atoms with Crippen LogP contribution in [0.5, 0.6) is 0 Å². The fourth-order valence-corrected chi connectivity index (χ4v) is 2.44. The van der Waals surface area contributed by atoms with Gasteiger partial charge in [-0.05, 0) is 38.5 Å². The van der Waals surface area contributed by atoms with Crippen LogP contribution in [0.1, 0.15) is 24.4 Å². The Kier molecular flexibility index (Phi) is 3.07. The van der Waals surface area contributed by atoms with E-state index in [2.05, 4.69) is 30.2 Å². The van der Waals surface area contributed by atoms with Crippen molar-refractivity contribution in [1.29, 1.82) is 0 Å². The van der Waals surface area contributed by atoms with Gasteiger partial charge in [0.2, 0.25) is 0 Å². The third-order valence-corrected chi connectivity index (χ3v) is 3.72. The number of nitrogens with two attached hydrogens (primary N) is 1. The van der Waals surface area contributed by atoms with Crippen LogP contribution in [-0.4, -0.2) is 4.98 Å². The number of hydrogen-bond donors (Lipinski definition) is 2. The van der Waals surface area contributed by atoms with Crippen molar-refractivity contribution in [3.8, 4) is 0 Å². The number of nitrogen functional groups attached to an aromatic ring is 1. The van der Waals surface area contributed by atoms with E-state index in [-0.39, 0.29) is 5.54 Å². The van der Waals surface area contributed by atoms with Crippen LogP contribution in [0.15, 0.2) is 29.8 Å². The lowest BCUT2D eigenvalue weighted by atomic mass is 10.1. The van der Waals surface area contributed by atoms with E-state index in [4.69, 9.17) is 5.73 Å². The second kappa shape index (κ2) is 4.37. The molecule has 0 spiro atoms. The van der Waals surface area contributed by atoms with E-state index < -0.39 is 0 Å². The summed E-state index contributed by atoms with van der Waals surface area (Å²) in [7, 11) is 0. The number of aryl methyl sites for hydroxylation is 1. The molecule has 0 unspecified atom stereocenters. The van der Waals surface area contributed by atoms with Crippen LogP contribution in [0.25, 0.3) is 0 Å². The molecular formula is C13H17N3S. The van der Waals surface area contributed by atoms with Gasteiger partial charge in [0.25, 0.3) is 0 Å². The van der Waals surface area contributed by atoms with E-state index in [1.54, 1.807) is 11.3 Å². The summed E-state index contributed by atoms with van der Waals surface area (Å²) < 4.78 is 0. The Morgan fingerprint density at radius 2 is 2.12 bits per heavy atom. The molecule has 0 saturated heterocycles. The maximum Gasteiger partial charge on any atom is 0.117 e. The average Bonchev–Trinajstić information content (AvgIpc) is 2.76. The van der Waals surface area contributed by atoms with Crippen molar-refractivity contribution in [1.82, 2.24) is 4.98 Å². The van der Waals surface area contributed by atoms with E-state index in [0.717, 1.165) is 16.4 Å². The van der Waals surface area contributed by atoms with Crippen molar-refractivity contribution in [2.45, 2.75) is 26.3 Å². The standard InChI is InChI=1S/C13H17N3S/c1-9-4-5-11(10(14)8-9)16-13(2,3)12-15-6-7-17-12/h4-8,16H,14H2,1-3H3. The van der Waals surface area contributed by atoms with Gasteiger partial charge < -0.3 is 11.1 Å². The number of aromatic nitrogens is 1. The number of rotatable bonds is 3. The molecule has 1 aromatic heterocycles. The Hall–Kier alpha value is -1.55. The van der Waals surface area contributed by atoms with Gasteiger partial charge in [0.15, 0.2) is 0 Å². The number of benzene rings is 1. The molecular weight excluding hydrogens is 230 g/mol. The third kappa shape index (κ3) is 2.58. The summed E-state index contributed by atoms with van der Waals surface area (Å²) in [6, 6.07) is 6.04. The van der Waals surface area contributed by atoms with E-state index >= 15 is 0 Å². The molecule has 0 bridgehead atoms. The predicted octanol–water partition coefficient (Wildman–Crippen LogP) is 3.38. The van der Waals surface area contributed by atoms with Crippen LogP contribution in [-0.2, 0) is 5.54 Å². The molecule has 0 atom stereocenters. The molecule has 1 aromatic carbocycles. The molecule has 1 heterocycles. The highest BCUT2D eigenvalue weighted by molar-refractivity contribution is 7.09. The number of hydrogen-bond acceptors (Lipinski definition) is 4. The van der Waals surface area contributed by atoms with Gasteiger partial charge in [-0.3, -0.25) is 0 Å². The third-order valence-electron chi connectivity index (χ3n) is 2.62. The molecule has 4 heteroatoms. The van der Waals surface area contributed by atoms with Gasteiger partial charge in [0.05, 0.1) is 16.9 Å². The van der Waals surface area contributed by atoms with Crippen LogP contribution in [0.2, 0.25) is 0 Å². The van der Waals surface area contributed by atoms with Crippen molar-refractivity contribution in [2.75, 3.05) is 11.1 Å². The van der Waals surface area contributed by atoms with Gasteiger partial charge >= 0.3 is 0 Å². The lowest BCUT2D eigenvalue weighted by Gasteiger charge is -2.26. The topological polar surface area (TPSA) is 50.9 Å². The molecule has 17 heavy (non-hydrogen) atoms. The lowest BCUT2D eigenvalue weighted by molar-refractivity contribution is 0.604. The van der Waals surface area contributed by atoms with Gasteiger partial charge in [0.1, 0.15) is 5.01 Å². The van der Waals surface area contributed by atoms with E-state index in [1.807, 2.05) is 30.6 Å². The van der Waals surface area contributed by atoms with Crippen molar-refractivity contribution in [3.63, 3.8) is 0 Å². The van der Waals surface area contributed by atoms with Crippen molar-refractivity contribution >= 4 is 22.7 Å². The first-order valence-electron chi connectivity index (χ1n) is 5.53. The van der Waals surface area contributed by atoms with Crippen LogP contribution < -0.4 is 11.1 Å². The highest BCUT2D eigenvalue weighted by Crippen LogP contribution is 2.30. The minimum atomic E-state index is -0.211. The molecule has 0 fully saturated rings. The summed E-state index contributed by atoms with van der Waals surface area (Å²) in [5, 5.41) is 6.48. The van der Waals surface area contributed by atoms with Crippen LogP contribution in [0.3, 0.4) is 0 Å². The Bertz CT molecular complexity index is 503. The zero-order valence-corrected chi connectivity index (χ0v) is 11.1. The molecule has 0 amide bonds. The second-order valence-electron chi connectivity index (χ2n) is 4.68. The minimum Gasteiger partial charge on any atom is -0.397 e. The van der Waals surface area contributed by atoms with E-state index in [1.165, 1.54) is 5.56 Å². The minimum absolute atomic E-state index is 0.211.